The zero-order chi connectivity index (χ0) is 16.1. The molecule has 22 heavy (non-hydrogen) atoms. The van der Waals surface area contributed by atoms with Gasteiger partial charge in [-0.15, -0.1) is 11.8 Å². The van der Waals surface area contributed by atoms with E-state index in [1.165, 1.54) is 18.0 Å². The lowest BCUT2D eigenvalue weighted by atomic mass is 10.1. The number of H-pyrrole nitrogens is 1. The molecule has 1 aliphatic rings. The number of hydrogen-bond donors (Lipinski definition) is 3. The van der Waals surface area contributed by atoms with Gasteiger partial charge >= 0.3 is 5.69 Å². The van der Waals surface area contributed by atoms with Crippen molar-refractivity contribution < 1.29 is 24.4 Å². The number of nitrogens with one attached hydrogen (secondary N) is 1. The van der Waals surface area contributed by atoms with Crippen LogP contribution in [0.1, 0.15) is 6.23 Å². The van der Waals surface area contributed by atoms with Crippen molar-refractivity contribution in [1.82, 2.24) is 9.55 Å². The van der Waals surface area contributed by atoms with E-state index >= 15 is 0 Å². The molecular formula is C12H18N2O7S. The van der Waals surface area contributed by atoms with E-state index < -0.39 is 42.4 Å². The second-order valence-corrected chi connectivity index (χ2v) is 5.43. The first-order valence-corrected chi connectivity index (χ1v) is 7.92. The first-order valence-electron chi connectivity index (χ1n) is 6.52. The molecule has 2 rings (SSSR count). The summed E-state index contributed by atoms with van der Waals surface area (Å²) in [6, 6.07) is 1.16. The number of thioether (sulfide) groups is 1. The van der Waals surface area contributed by atoms with Crippen LogP contribution in [0.2, 0.25) is 0 Å². The highest BCUT2D eigenvalue weighted by Crippen LogP contribution is 2.30. The molecule has 0 bridgehead atoms. The van der Waals surface area contributed by atoms with Gasteiger partial charge in [-0.2, -0.15) is 0 Å². The van der Waals surface area contributed by atoms with Gasteiger partial charge < -0.3 is 24.4 Å². The molecule has 0 saturated carbocycles. The van der Waals surface area contributed by atoms with Crippen LogP contribution >= 0.6 is 11.8 Å². The molecule has 4 atom stereocenters. The van der Waals surface area contributed by atoms with Crippen LogP contribution in [0.15, 0.2) is 21.9 Å². The molecule has 0 radical (unpaired) electrons. The van der Waals surface area contributed by atoms with E-state index in [1.54, 1.807) is 0 Å². The van der Waals surface area contributed by atoms with Gasteiger partial charge in [-0.3, -0.25) is 14.3 Å². The molecule has 0 spiro atoms. The van der Waals surface area contributed by atoms with Gasteiger partial charge in [0.05, 0.1) is 12.5 Å². The third-order valence-electron chi connectivity index (χ3n) is 3.16. The lowest BCUT2D eigenvalue weighted by molar-refractivity contribution is -0.132. The number of hydrogen-bond acceptors (Lipinski definition) is 8. The highest BCUT2D eigenvalue weighted by atomic mass is 32.2. The van der Waals surface area contributed by atoms with E-state index in [1.807, 2.05) is 6.26 Å². The van der Waals surface area contributed by atoms with Gasteiger partial charge in [0.15, 0.2) is 6.23 Å². The Morgan fingerprint density at radius 3 is 2.91 bits per heavy atom. The molecule has 0 unspecified atom stereocenters. The molecule has 1 fully saturated rings. The molecule has 9 nitrogen and oxygen atoms in total. The number of rotatable bonds is 7. The summed E-state index contributed by atoms with van der Waals surface area (Å²) in [5.41, 5.74) is -1.24. The smallest absolute Gasteiger partial charge is 0.330 e. The average Bonchev–Trinajstić information content (AvgIpc) is 2.80. The molecular weight excluding hydrogens is 316 g/mol. The molecule has 0 amide bonds. The van der Waals surface area contributed by atoms with Gasteiger partial charge in [0.25, 0.3) is 5.56 Å². The Hall–Kier alpha value is -1.17. The van der Waals surface area contributed by atoms with E-state index in [9.17, 15) is 19.8 Å². The van der Waals surface area contributed by atoms with Crippen molar-refractivity contribution in [2.45, 2.75) is 24.5 Å². The summed E-state index contributed by atoms with van der Waals surface area (Å²) in [4.78, 5) is 25.1. The predicted octanol–water partition coefficient (Wildman–Crippen LogP) is -1.53. The van der Waals surface area contributed by atoms with Gasteiger partial charge in [-0.25, -0.2) is 4.79 Å². The summed E-state index contributed by atoms with van der Waals surface area (Å²) in [7, 11) is 0. The van der Waals surface area contributed by atoms with Crippen LogP contribution < -0.4 is 11.2 Å². The van der Waals surface area contributed by atoms with Crippen molar-refractivity contribution in [3.05, 3.63) is 33.1 Å². The van der Waals surface area contributed by atoms with Crippen molar-refractivity contribution in [3.63, 3.8) is 0 Å². The topological polar surface area (TPSA) is 123 Å². The van der Waals surface area contributed by atoms with Crippen molar-refractivity contribution in [3.8, 4) is 0 Å². The summed E-state index contributed by atoms with van der Waals surface area (Å²) >= 11 is 1.46. The molecule has 2 heterocycles. The Morgan fingerprint density at radius 2 is 2.27 bits per heavy atom. The third kappa shape index (κ3) is 3.77. The van der Waals surface area contributed by atoms with Crippen LogP contribution in [0.3, 0.4) is 0 Å². The van der Waals surface area contributed by atoms with Crippen LogP contribution in [-0.2, 0) is 14.2 Å². The molecule has 10 heteroatoms. The quantitative estimate of drug-likeness (QED) is 0.405. The molecule has 124 valence electrons. The maximum atomic E-state index is 11.8. The Kier molecular flexibility index (Phi) is 6.17. The number of ether oxygens (including phenoxy) is 3. The molecule has 1 aliphatic heterocycles. The minimum absolute atomic E-state index is 0.0985. The molecule has 1 saturated heterocycles. The third-order valence-corrected chi connectivity index (χ3v) is 3.57. The standard InChI is InChI=1S/C12H18N2O7S/c1-22-6-19-5-20-10-9(17)7(4-15)21-11(10)14-3-2-8(16)13-12(14)18/h2-3,7,9-11,15,17H,4-6H2,1H3,(H,13,16,18)/t7-,9-,10-,11-/m1/s1. The van der Waals surface area contributed by atoms with E-state index in [4.69, 9.17) is 14.2 Å². The fraction of sp³-hybridized carbons (Fsp3) is 0.667. The Morgan fingerprint density at radius 1 is 1.50 bits per heavy atom. The summed E-state index contributed by atoms with van der Waals surface area (Å²) < 4.78 is 17.1. The van der Waals surface area contributed by atoms with E-state index in [2.05, 4.69) is 4.98 Å². The van der Waals surface area contributed by atoms with E-state index in [-0.39, 0.29) is 6.79 Å². The number of aromatic nitrogens is 2. The summed E-state index contributed by atoms with van der Waals surface area (Å²) in [5, 5.41) is 19.3. The Bertz CT molecular complexity index is 589. The average molecular weight is 334 g/mol. The SMILES string of the molecule is CSCOCO[C@@H]1[C@H](O)[C@@H](CO)O[C@H]1n1ccc(=O)[nH]c1=O. The molecule has 1 aromatic heterocycles. The summed E-state index contributed by atoms with van der Waals surface area (Å²) in [5.74, 6) is 0.413. The summed E-state index contributed by atoms with van der Waals surface area (Å²) in [6.45, 7) is -0.528. The Balaban J connectivity index is 2.18. The molecule has 0 aromatic carbocycles. The zero-order valence-corrected chi connectivity index (χ0v) is 12.7. The normalized spacial score (nSPS) is 28.1. The highest BCUT2D eigenvalue weighted by molar-refractivity contribution is 7.98. The fourth-order valence-electron chi connectivity index (χ4n) is 2.14. The molecule has 0 aliphatic carbocycles. The van der Waals surface area contributed by atoms with Gasteiger partial charge in [-0.05, 0) is 6.26 Å². The van der Waals surface area contributed by atoms with Crippen LogP contribution in [0.4, 0.5) is 0 Å². The van der Waals surface area contributed by atoms with Crippen LogP contribution in [0.25, 0.3) is 0 Å². The van der Waals surface area contributed by atoms with Crippen molar-refractivity contribution in [2.75, 3.05) is 25.6 Å². The lowest BCUT2D eigenvalue weighted by Gasteiger charge is -2.21. The van der Waals surface area contributed by atoms with Gasteiger partial charge in [0, 0.05) is 12.3 Å². The maximum absolute atomic E-state index is 11.8. The van der Waals surface area contributed by atoms with Crippen molar-refractivity contribution in [2.24, 2.45) is 0 Å². The first kappa shape index (κ1) is 17.2. The maximum Gasteiger partial charge on any atom is 0.330 e. The van der Waals surface area contributed by atoms with E-state index in [0.717, 1.165) is 10.6 Å². The molecule has 1 aromatic rings. The number of nitrogens with zero attached hydrogens (tertiary/aromatic N) is 1. The highest BCUT2D eigenvalue weighted by Gasteiger charge is 2.45. The van der Waals surface area contributed by atoms with Crippen molar-refractivity contribution in [1.29, 1.82) is 0 Å². The van der Waals surface area contributed by atoms with Gasteiger partial charge in [-0.1, -0.05) is 0 Å². The number of aliphatic hydroxyl groups is 2. The predicted molar refractivity (Wildman–Crippen MR) is 77.5 cm³/mol. The second-order valence-electron chi connectivity index (χ2n) is 4.62. The number of aromatic amines is 1. The van der Waals surface area contributed by atoms with Crippen LogP contribution in [-0.4, -0.2) is 63.7 Å². The zero-order valence-electron chi connectivity index (χ0n) is 11.9. The summed E-state index contributed by atoms with van der Waals surface area (Å²) in [6.07, 6.45) is -0.812. The van der Waals surface area contributed by atoms with Crippen LogP contribution in [0.5, 0.6) is 0 Å². The minimum atomic E-state index is -1.13. The second kappa shape index (κ2) is 7.90. The first-order chi connectivity index (χ1) is 10.6. The van der Waals surface area contributed by atoms with E-state index in [0.29, 0.717) is 5.94 Å². The fourth-order valence-corrected chi connectivity index (χ4v) is 2.38. The Labute approximate surface area is 129 Å². The minimum Gasteiger partial charge on any atom is -0.394 e. The van der Waals surface area contributed by atoms with Crippen molar-refractivity contribution >= 4 is 11.8 Å². The molecule has 3 N–H and O–H groups in total. The largest absolute Gasteiger partial charge is 0.394 e. The number of aliphatic hydroxyl groups excluding tert-OH is 2. The lowest BCUT2D eigenvalue weighted by Crippen LogP contribution is -2.39. The monoisotopic (exact) mass is 334 g/mol. The van der Waals surface area contributed by atoms with Gasteiger partial charge in [0.1, 0.15) is 25.1 Å². The van der Waals surface area contributed by atoms with Crippen LogP contribution in [0, 0.1) is 0 Å². The van der Waals surface area contributed by atoms with Gasteiger partial charge in [0.2, 0.25) is 0 Å².